The molecule has 0 saturated heterocycles. The first kappa shape index (κ1) is 14.2. The topological polar surface area (TPSA) is 46.5 Å². The first-order valence-corrected chi connectivity index (χ1v) is 3.53. The van der Waals surface area contributed by atoms with Crippen molar-refractivity contribution in [3.8, 4) is 0 Å². The van der Waals surface area contributed by atoms with Gasteiger partial charge in [-0.25, -0.2) is 4.79 Å². The molecule has 0 aliphatic carbocycles. The minimum absolute atomic E-state index is 0. The molecule has 0 bridgehead atoms. The van der Waals surface area contributed by atoms with Crippen molar-refractivity contribution in [3.05, 3.63) is 0 Å². The number of unbranched alkanes of at least 4 members (excludes halogenated alkanes) is 1. The van der Waals surface area contributed by atoms with Crippen molar-refractivity contribution < 1.29 is 14.6 Å². The molecular formula is C7H16CaO3. The van der Waals surface area contributed by atoms with Gasteiger partial charge < -0.3 is 9.84 Å². The molecule has 0 amide bonds. The third-order valence-electron chi connectivity index (χ3n) is 1.08. The first-order valence-electron chi connectivity index (χ1n) is 3.53. The van der Waals surface area contributed by atoms with Gasteiger partial charge in [0.25, 0.3) is 0 Å². The standard InChI is InChI=1S/C7H14O3.Ca.2H/c1-3-4-5-10-7(9)6(2)8;;;/h6,8H,3-5H2,1-2H3;;;. The normalized spacial score (nSPS) is 11.5. The Balaban J connectivity index is 0. The number of hydrogen-bond acceptors (Lipinski definition) is 3. The molecule has 1 N–H and O–H groups in total. The van der Waals surface area contributed by atoms with Crippen molar-refractivity contribution in [1.82, 2.24) is 0 Å². The van der Waals surface area contributed by atoms with Crippen molar-refractivity contribution in [3.63, 3.8) is 0 Å². The van der Waals surface area contributed by atoms with Crippen molar-refractivity contribution in [2.75, 3.05) is 6.61 Å². The van der Waals surface area contributed by atoms with E-state index in [1.54, 1.807) is 0 Å². The summed E-state index contributed by atoms with van der Waals surface area (Å²) in [5.41, 5.74) is 0. The van der Waals surface area contributed by atoms with Crippen LogP contribution in [0.5, 0.6) is 0 Å². The van der Waals surface area contributed by atoms with Crippen molar-refractivity contribution in [2.45, 2.75) is 32.8 Å². The third-order valence-corrected chi connectivity index (χ3v) is 1.08. The molecule has 0 fully saturated rings. The van der Waals surface area contributed by atoms with Gasteiger partial charge in [0.15, 0.2) is 0 Å². The van der Waals surface area contributed by atoms with E-state index >= 15 is 0 Å². The molecule has 11 heavy (non-hydrogen) atoms. The Morgan fingerprint density at radius 1 is 1.64 bits per heavy atom. The maximum atomic E-state index is 10.5. The number of rotatable bonds is 4. The summed E-state index contributed by atoms with van der Waals surface area (Å²) in [5, 5.41) is 8.65. The van der Waals surface area contributed by atoms with Gasteiger partial charge in [-0.15, -0.1) is 0 Å². The zero-order chi connectivity index (χ0) is 7.98. The van der Waals surface area contributed by atoms with Gasteiger partial charge in [-0.2, -0.15) is 0 Å². The number of aliphatic hydroxyl groups is 1. The van der Waals surface area contributed by atoms with Crippen molar-refractivity contribution >= 4 is 43.7 Å². The summed E-state index contributed by atoms with van der Waals surface area (Å²) in [6.07, 6.45) is 0.864. The summed E-state index contributed by atoms with van der Waals surface area (Å²) in [6.45, 7) is 3.82. The van der Waals surface area contributed by atoms with Crippen LogP contribution >= 0.6 is 0 Å². The molecule has 64 valence electrons. The van der Waals surface area contributed by atoms with Crippen LogP contribution in [0.2, 0.25) is 0 Å². The number of carbonyl (C=O) groups is 1. The van der Waals surface area contributed by atoms with Crippen LogP contribution in [0, 0.1) is 0 Å². The van der Waals surface area contributed by atoms with E-state index < -0.39 is 12.1 Å². The number of hydrogen-bond donors (Lipinski definition) is 1. The van der Waals surface area contributed by atoms with Crippen LogP contribution in [0.15, 0.2) is 0 Å². The quantitative estimate of drug-likeness (QED) is 0.377. The van der Waals surface area contributed by atoms with E-state index in [2.05, 4.69) is 4.74 Å². The first-order chi connectivity index (χ1) is 4.68. The molecular weight excluding hydrogens is 172 g/mol. The molecule has 0 spiro atoms. The molecule has 0 radical (unpaired) electrons. The predicted octanol–water partition coefficient (Wildman–Crippen LogP) is -0.206. The minimum atomic E-state index is -0.989. The van der Waals surface area contributed by atoms with Crippen molar-refractivity contribution in [1.29, 1.82) is 0 Å². The summed E-state index contributed by atoms with van der Waals surface area (Å²) >= 11 is 0. The molecule has 0 aliphatic heterocycles. The summed E-state index contributed by atoms with van der Waals surface area (Å²) in [6, 6.07) is 0. The Kier molecular flexibility index (Phi) is 11.4. The van der Waals surface area contributed by atoms with Gasteiger partial charge in [0.2, 0.25) is 0 Å². The van der Waals surface area contributed by atoms with Crippen LogP contribution in [-0.2, 0) is 9.53 Å². The molecule has 0 heterocycles. The summed E-state index contributed by atoms with van der Waals surface area (Å²) < 4.78 is 4.65. The number of esters is 1. The van der Waals surface area contributed by atoms with Gasteiger partial charge in [-0.3, -0.25) is 0 Å². The van der Waals surface area contributed by atoms with Gasteiger partial charge in [0.1, 0.15) is 6.10 Å². The molecule has 1 atom stereocenters. The van der Waals surface area contributed by atoms with Crippen LogP contribution in [-0.4, -0.2) is 61.5 Å². The van der Waals surface area contributed by atoms with E-state index in [-0.39, 0.29) is 37.7 Å². The fourth-order valence-electron chi connectivity index (χ4n) is 0.438. The number of aliphatic hydroxyl groups excluding tert-OH is 1. The van der Waals surface area contributed by atoms with E-state index in [1.165, 1.54) is 6.92 Å². The Labute approximate surface area is 97.1 Å². The molecule has 0 aromatic carbocycles. The predicted molar refractivity (Wildman–Crippen MR) is 46.1 cm³/mol. The summed E-state index contributed by atoms with van der Waals surface area (Å²) in [4.78, 5) is 10.5. The van der Waals surface area contributed by atoms with E-state index in [4.69, 9.17) is 5.11 Å². The van der Waals surface area contributed by atoms with E-state index in [0.717, 1.165) is 12.8 Å². The van der Waals surface area contributed by atoms with Gasteiger partial charge in [0.05, 0.1) is 6.61 Å². The fraction of sp³-hybridized carbons (Fsp3) is 0.857. The second kappa shape index (κ2) is 8.78. The second-order valence-electron chi connectivity index (χ2n) is 2.20. The van der Waals surface area contributed by atoms with Crippen LogP contribution in [0.3, 0.4) is 0 Å². The van der Waals surface area contributed by atoms with E-state index in [9.17, 15) is 4.79 Å². The molecule has 0 saturated carbocycles. The average Bonchev–Trinajstić information content (AvgIpc) is 1.88. The monoisotopic (exact) mass is 188 g/mol. The van der Waals surface area contributed by atoms with Gasteiger partial charge in [-0.1, -0.05) is 13.3 Å². The number of carbonyl (C=O) groups excluding carboxylic acids is 1. The SMILES string of the molecule is CCCCOC(=O)C(C)O.[CaH2]. The summed E-state index contributed by atoms with van der Waals surface area (Å²) in [5.74, 6) is -0.534. The summed E-state index contributed by atoms with van der Waals surface area (Å²) in [7, 11) is 0. The van der Waals surface area contributed by atoms with Crippen molar-refractivity contribution in [2.24, 2.45) is 0 Å². The van der Waals surface area contributed by atoms with E-state index in [1.807, 2.05) is 6.92 Å². The molecule has 4 heteroatoms. The molecule has 1 unspecified atom stereocenters. The van der Waals surface area contributed by atoms with Gasteiger partial charge in [0, 0.05) is 0 Å². The number of ether oxygens (including phenoxy) is 1. The fourth-order valence-corrected chi connectivity index (χ4v) is 0.438. The van der Waals surface area contributed by atoms with Crippen LogP contribution in [0.4, 0.5) is 0 Å². The van der Waals surface area contributed by atoms with Gasteiger partial charge in [-0.05, 0) is 13.3 Å². The molecule has 0 aromatic rings. The Hall–Kier alpha value is 0.690. The zero-order valence-electron chi connectivity index (χ0n) is 6.46. The Morgan fingerprint density at radius 2 is 2.18 bits per heavy atom. The average molecular weight is 188 g/mol. The van der Waals surface area contributed by atoms with Crippen LogP contribution in [0.1, 0.15) is 26.7 Å². The zero-order valence-corrected chi connectivity index (χ0v) is 6.46. The Bertz CT molecular complexity index is 104. The molecule has 3 nitrogen and oxygen atoms in total. The second-order valence-corrected chi connectivity index (χ2v) is 2.20. The molecule has 0 aromatic heterocycles. The van der Waals surface area contributed by atoms with Crippen LogP contribution in [0.25, 0.3) is 0 Å². The van der Waals surface area contributed by atoms with E-state index in [0.29, 0.717) is 6.61 Å². The van der Waals surface area contributed by atoms with Gasteiger partial charge >= 0.3 is 43.7 Å². The molecule has 0 rings (SSSR count). The Morgan fingerprint density at radius 3 is 2.55 bits per heavy atom. The molecule has 0 aliphatic rings. The third kappa shape index (κ3) is 8.60. The van der Waals surface area contributed by atoms with Crippen LogP contribution < -0.4 is 0 Å². The maximum absolute atomic E-state index is 10.5.